The summed E-state index contributed by atoms with van der Waals surface area (Å²) in [5.74, 6) is 0.567. The number of ether oxygens (including phenoxy) is 1. The quantitative estimate of drug-likeness (QED) is 0.614. The van der Waals surface area contributed by atoms with Gasteiger partial charge in [-0.3, -0.25) is 4.79 Å². The van der Waals surface area contributed by atoms with Crippen molar-refractivity contribution in [1.82, 2.24) is 0 Å². The Bertz CT molecular complexity index is 352. The lowest BCUT2D eigenvalue weighted by molar-refractivity contribution is 0.108. The van der Waals surface area contributed by atoms with Gasteiger partial charge in [-0.1, -0.05) is 11.6 Å². The van der Waals surface area contributed by atoms with E-state index in [1.165, 1.54) is 13.2 Å². The number of carbonyl (C=O) groups excluding carboxylic acids is 1. The highest BCUT2D eigenvalue weighted by Crippen LogP contribution is 2.29. The van der Waals surface area contributed by atoms with E-state index in [9.17, 15) is 4.79 Å². The molecule has 13 heavy (non-hydrogen) atoms. The van der Waals surface area contributed by atoms with Crippen molar-refractivity contribution in [3.63, 3.8) is 0 Å². The van der Waals surface area contributed by atoms with E-state index in [0.29, 0.717) is 10.8 Å². The first-order valence-corrected chi connectivity index (χ1v) is 5.12. The predicted octanol–water partition coefficient (Wildman–Crippen LogP) is 3.33. The predicted molar refractivity (Wildman–Crippen MR) is 60.9 cm³/mol. The third kappa shape index (κ3) is 2.48. The maximum atomic E-state index is 10.9. The number of hydrogen-bond donors (Lipinski definition) is 0. The summed E-state index contributed by atoms with van der Waals surface area (Å²) in [5, 5.41) is -0.219. The monoisotopic (exact) mass is 330 g/mol. The average Bonchev–Trinajstić information content (AvgIpc) is 2.09. The first kappa shape index (κ1) is 11.1. The Hall–Kier alpha value is -0.000000000000000167. The van der Waals surface area contributed by atoms with Gasteiger partial charge in [0.05, 0.1) is 17.7 Å². The van der Waals surface area contributed by atoms with Gasteiger partial charge in [0, 0.05) is 3.57 Å². The van der Waals surface area contributed by atoms with Crippen LogP contribution in [-0.4, -0.2) is 12.4 Å². The molecule has 5 heteroatoms. The summed E-state index contributed by atoms with van der Waals surface area (Å²) in [6, 6.07) is 3.24. The molecular formula is C8H5Cl2IO2. The highest BCUT2D eigenvalue weighted by atomic mass is 127. The van der Waals surface area contributed by atoms with Crippen LogP contribution in [0.15, 0.2) is 12.1 Å². The van der Waals surface area contributed by atoms with E-state index < -0.39 is 5.24 Å². The molecule has 0 saturated heterocycles. The van der Waals surface area contributed by atoms with Crippen molar-refractivity contribution < 1.29 is 9.53 Å². The molecule has 0 radical (unpaired) electrons. The highest BCUT2D eigenvalue weighted by molar-refractivity contribution is 14.1. The van der Waals surface area contributed by atoms with Crippen molar-refractivity contribution in [2.45, 2.75) is 0 Å². The van der Waals surface area contributed by atoms with E-state index in [1.807, 2.05) is 22.6 Å². The van der Waals surface area contributed by atoms with Crippen molar-refractivity contribution in [2.75, 3.05) is 7.11 Å². The molecule has 0 spiro atoms. The van der Waals surface area contributed by atoms with E-state index in [1.54, 1.807) is 6.07 Å². The molecule has 0 atom stereocenters. The SMILES string of the molecule is COc1cc(I)c(Cl)c(C(=O)Cl)c1. The van der Waals surface area contributed by atoms with Crippen LogP contribution in [0.3, 0.4) is 0 Å². The second-order valence-electron chi connectivity index (χ2n) is 2.24. The van der Waals surface area contributed by atoms with E-state index in [0.717, 1.165) is 3.57 Å². The van der Waals surface area contributed by atoms with E-state index in [4.69, 9.17) is 27.9 Å². The zero-order chi connectivity index (χ0) is 10.0. The summed E-state index contributed by atoms with van der Waals surface area (Å²) in [5.41, 5.74) is 0.270. The Morgan fingerprint density at radius 1 is 1.54 bits per heavy atom. The zero-order valence-electron chi connectivity index (χ0n) is 6.61. The number of rotatable bonds is 2. The Morgan fingerprint density at radius 3 is 2.62 bits per heavy atom. The van der Waals surface area contributed by atoms with E-state index in [-0.39, 0.29) is 5.56 Å². The topological polar surface area (TPSA) is 26.3 Å². The van der Waals surface area contributed by atoms with E-state index in [2.05, 4.69) is 0 Å². The van der Waals surface area contributed by atoms with Gasteiger partial charge in [-0.2, -0.15) is 0 Å². The van der Waals surface area contributed by atoms with Crippen molar-refractivity contribution in [3.8, 4) is 5.75 Å². The van der Waals surface area contributed by atoms with Crippen LogP contribution in [-0.2, 0) is 0 Å². The highest BCUT2D eigenvalue weighted by Gasteiger charge is 2.12. The molecule has 0 amide bonds. The number of carbonyl (C=O) groups is 1. The molecule has 0 aliphatic rings. The van der Waals surface area contributed by atoms with Gasteiger partial charge in [0.2, 0.25) is 0 Å². The standard InChI is InChI=1S/C8H5Cl2IO2/c1-13-4-2-5(8(10)12)7(9)6(11)3-4/h2-3H,1H3. The average molecular weight is 331 g/mol. The van der Waals surface area contributed by atoms with Crippen LogP contribution in [0.4, 0.5) is 0 Å². The second kappa shape index (κ2) is 4.48. The Kier molecular flexibility index (Phi) is 3.82. The van der Waals surface area contributed by atoms with Gasteiger partial charge < -0.3 is 4.74 Å². The van der Waals surface area contributed by atoms with Crippen LogP contribution in [0.1, 0.15) is 10.4 Å². The van der Waals surface area contributed by atoms with Crippen molar-refractivity contribution in [3.05, 3.63) is 26.3 Å². The van der Waals surface area contributed by atoms with Crippen molar-refractivity contribution in [1.29, 1.82) is 0 Å². The number of benzene rings is 1. The molecule has 0 fully saturated rings. The maximum absolute atomic E-state index is 10.9. The van der Waals surface area contributed by atoms with Crippen molar-refractivity contribution in [2.24, 2.45) is 0 Å². The molecule has 1 aromatic rings. The maximum Gasteiger partial charge on any atom is 0.254 e. The molecule has 0 aliphatic carbocycles. The largest absolute Gasteiger partial charge is 0.497 e. The summed E-state index contributed by atoms with van der Waals surface area (Å²) in [6.07, 6.45) is 0. The van der Waals surface area contributed by atoms with Crippen LogP contribution in [0.2, 0.25) is 5.02 Å². The molecule has 0 bridgehead atoms. The lowest BCUT2D eigenvalue weighted by Gasteiger charge is -2.05. The molecule has 2 nitrogen and oxygen atoms in total. The van der Waals surface area contributed by atoms with Gasteiger partial charge in [-0.25, -0.2) is 0 Å². The molecule has 0 unspecified atom stereocenters. The lowest BCUT2D eigenvalue weighted by Crippen LogP contribution is -1.94. The van der Waals surface area contributed by atoms with Crippen molar-refractivity contribution >= 4 is 51.0 Å². The van der Waals surface area contributed by atoms with E-state index >= 15 is 0 Å². The van der Waals surface area contributed by atoms with Gasteiger partial charge >= 0.3 is 0 Å². The fourth-order valence-electron chi connectivity index (χ4n) is 0.825. The molecule has 0 heterocycles. The second-order valence-corrected chi connectivity index (χ2v) is 4.13. The Balaban J connectivity index is 3.33. The van der Waals surface area contributed by atoms with Crippen LogP contribution < -0.4 is 4.74 Å². The van der Waals surface area contributed by atoms with Crippen LogP contribution in [0.5, 0.6) is 5.75 Å². The minimum Gasteiger partial charge on any atom is -0.497 e. The number of halogens is 3. The molecule has 0 aliphatic heterocycles. The first-order valence-electron chi connectivity index (χ1n) is 3.29. The molecule has 0 saturated carbocycles. The third-order valence-electron chi connectivity index (χ3n) is 1.45. The first-order chi connectivity index (χ1) is 6.06. The summed E-state index contributed by atoms with van der Waals surface area (Å²) in [4.78, 5) is 10.9. The summed E-state index contributed by atoms with van der Waals surface area (Å²) in [6.45, 7) is 0. The minimum atomic E-state index is -0.582. The van der Waals surface area contributed by atoms with Crippen LogP contribution in [0, 0.1) is 3.57 Å². The number of methoxy groups -OCH3 is 1. The van der Waals surface area contributed by atoms with Gasteiger partial charge in [0.15, 0.2) is 0 Å². The van der Waals surface area contributed by atoms with Gasteiger partial charge in [-0.05, 0) is 46.3 Å². The molecule has 1 aromatic carbocycles. The van der Waals surface area contributed by atoms with Crippen LogP contribution in [0.25, 0.3) is 0 Å². The smallest absolute Gasteiger partial charge is 0.254 e. The molecule has 0 N–H and O–H groups in total. The van der Waals surface area contributed by atoms with Gasteiger partial charge in [0.25, 0.3) is 5.24 Å². The zero-order valence-corrected chi connectivity index (χ0v) is 10.3. The fraction of sp³-hybridized carbons (Fsp3) is 0.125. The Morgan fingerprint density at radius 2 is 2.15 bits per heavy atom. The Labute approximate surface area is 99.3 Å². The third-order valence-corrected chi connectivity index (χ3v) is 3.23. The summed E-state index contributed by atoms with van der Waals surface area (Å²) < 4.78 is 5.71. The molecule has 1 rings (SSSR count). The van der Waals surface area contributed by atoms with Crippen LogP contribution >= 0.6 is 45.8 Å². The molecule has 0 aromatic heterocycles. The molecular weight excluding hydrogens is 326 g/mol. The number of hydrogen-bond acceptors (Lipinski definition) is 2. The minimum absolute atomic E-state index is 0.270. The van der Waals surface area contributed by atoms with Gasteiger partial charge in [0.1, 0.15) is 5.75 Å². The van der Waals surface area contributed by atoms with Gasteiger partial charge in [-0.15, -0.1) is 0 Å². The lowest BCUT2D eigenvalue weighted by atomic mass is 10.2. The summed E-state index contributed by atoms with van der Waals surface area (Å²) in [7, 11) is 1.52. The normalized spacial score (nSPS) is 9.85. The fourth-order valence-corrected chi connectivity index (χ4v) is 1.81. The molecule has 70 valence electrons. The summed E-state index contributed by atoms with van der Waals surface area (Å²) >= 11 is 13.2.